The van der Waals surface area contributed by atoms with E-state index >= 15 is 0 Å². The lowest BCUT2D eigenvalue weighted by Crippen LogP contribution is -2.05. The summed E-state index contributed by atoms with van der Waals surface area (Å²) >= 11 is 0. The van der Waals surface area contributed by atoms with Crippen molar-refractivity contribution < 1.29 is 28.1 Å². The highest BCUT2D eigenvalue weighted by molar-refractivity contribution is 5.97. The molecule has 0 bridgehead atoms. The molecule has 0 saturated carbocycles. The number of hydrogen-bond acceptors (Lipinski definition) is 7. The predicted molar refractivity (Wildman–Crippen MR) is 149 cm³/mol. The van der Waals surface area contributed by atoms with E-state index in [4.69, 9.17) is 28.1 Å². The standard InChI is InChI=1S/C32H28O7/c1-34-24-14-12-21(13-15-24)26-18-30(33)39-31-25(26)16-17-29(37-19-22-8-4-6-10-27(22)35-2)32(31)38-20-23-9-5-7-11-28(23)36-3/h4-18H,19-20H2,1-3H3. The van der Waals surface area contributed by atoms with Gasteiger partial charge < -0.3 is 28.1 Å². The first-order chi connectivity index (χ1) is 19.1. The van der Waals surface area contributed by atoms with E-state index in [0.29, 0.717) is 39.5 Å². The van der Waals surface area contributed by atoms with E-state index in [1.165, 1.54) is 6.07 Å². The van der Waals surface area contributed by atoms with Crippen molar-refractivity contribution in [1.29, 1.82) is 0 Å². The molecule has 4 aromatic carbocycles. The van der Waals surface area contributed by atoms with Gasteiger partial charge in [-0.05, 0) is 47.5 Å². The zero-order valence-corrected chi connectivity index (χ0v) is 21.9. The monoisotopic (exact) mass is 524 g/mol. The van der Waals surface area contributed by atoms with Gasteiger partial charge in [0.15, 0.2) is 11.3 Å². The fraction of sp³-hybridized carbons (Fsp3) is 0.156. The van der Waals surface area contributed by atoms with E-state index in [2.05, 4.69) is 0 Å². The average Bonchev–Trinajstić information content (AvgIpc) is 2.99. The third-order valence-corrected chi connectivity index (χ3v) is 6.37. The maximum Gasteiger partial charge on any atom is 0.336 e. The van der Waals surface area contributed by atoms with Crippen LogP contribution in [0.25, 0.3) is 22.1 Å². The topological polar surface area (TPSA) is 76.4 Å². The Morgan fingerprint density at radius 3 is 1.87 bits per heavy atom. The Morgan fingerprint density at radius 2 is 1.26 bits per heavy atom. The van der Waals surface area contributed by atoms with E-state index in [0.717, 1.165) is 22.4 Å². The predicted octanol–water partition coefficient (Wildman–Crippen LogP) is 6.64. The van der Waals surface area contributed by atoms with E-state index in [1.807, 2.05) is 84.9 Å². The highest BCUT2D eigenvalue weighted by Crippen LogP contribution is 2.40. The minimum absolute atomic E-state index is 0.171. The van der Waals surface area contributed by atoms with Gasteiger partial charge in [0.2, 0.25) is 5.75 Å². The third-order valence-electron chi connectivity index (χ3n) is 6.37. The third kappa shape index (κ3) is 5.52. The van der Waals surface area contributed by atoms with Gasteiger partial charge in [-0.25, -0.2) is 4.79 Å². The maximum atomic E-state index is 12.8. The number of ether oxygens (including phenoxy) is 5. The highest BCUT2D eigenvalue weighted by atomic mass is 16.5. The van der Waals surface area contributed by atoms with Crippen LogP contribution in [0.2, 0.25) is 0 Å². The van der Waals surface area contributed by atoms with Crippen molar-refractivity contribution in [3.8, 4) is 39.9 Å². The van der Waals surface area contributed by atoms with Gasteiger partial charge in [0.05, 0.1) is 21.3 Å². The Balaban J connectivity index is 1.60. The summed E-state index contributed by atoms with van der Waals surface area (Å²) in [5.41, 5.74) is 3.04. The molecule has 39 heavy (non-hydrogen) atoms. The lowest BCUT2D eigenvalue weighted by molar-refractivity contribution is 0.249. The van der Waals surface area contributed by atoms with Crippen molar-refractivity contribution in [2.45, 2.75) is 13.2 Å². The quantitative estimate of drug-likeness (QED) is 0.190. The second kappa shape index (κ2) is 11.6. The highest BCUT2D eigenvalue weighted by Gasteiger charge is 2.19. The summed E-state index contributed by atoms with van der Waals surface area (Å²) in [6.07, 6.45) is 0. The summed E-state index contributed by atoms with van der Waals surface area (Å²) < 4.78 is 34.5. The van der Waals surface area contributed by atoms with Crippen LogP contribution < -0.4 is 29.3 Å². The molecule has 0 fully saturated rings. The van der Waals surface area contributed by atoms with Crippen molar-refractivity contribution in [2.75, 3.05) is 21.3 Å². The molecule has 198 valence electrons. The molecule has 5 rings (SSSR count). The summed E-state index contributed by atoms with van der Waals surface area (Å²) in [4.78, 5) is 12.8. The smallest absolute Gasteiger partial charge is 0.336 e. The van der Waals surface area contributed by atoms with E-state index in [1.54, 1.807) is 21.3 Å². The first kappa shape index (κ1) is 25.7. The van der Waals surface area contributed by atoms with Gasteiger partial charge in [0.25, 0.3) is 0 Å². The second-order valence-electron chi connectivity index (χ2n) is 8.68. The molecule has 0 spiro atoms. The normalized spacial score (nSPS) is 10.7. The zero-order valence-electron chi connectivity index (χ0n) is 21.9. The fourth-order valence-electron chi connectivity index (χ4n) is 4.39. The number of para-hydroxylation sites is 2. The Kier molecular flexibility index (Phi) is 7.68. The van der Waals surface area contributed by atoms with Crippen LogP contribution in [-0.4, -0.2) is 21.3 Å². The Morgan fingerprint density at radius 1 is 0.641 bits per heavy atom. The number of fused-ring (bicyclic) bond motifs is 1. The molecular weight excluding hydrogens is 496 g/mol. The molecule has 1 aromatic heterocycles. The lowest BCUT2D eigenvalue weighted by atomic mass is 10.0. The molecule has 0 saturated heterocycles. The van der Waals surface area contributed by atoms with Crippen LogP contribution in [-0.2, 0) is 13.2 Å². The second-order valence-corrected chi connectivity index (χ2v) is 8.68. The molecule has 1 heterocycles. The Bertz CT molecular complexity index is 1640. The summed E-state index contributed by atoms with van der Waals surface area (Å²) in [7, 11) is 4.84. The molecular formula is C32H28O7. The SMILES string of the molecule is COc1ccc(-c2cc(=O)oc3c(OCc4ccccc4OC)c(OCc4ccccc4OC)ccc23)cc1. The summed E-state index contributed by atoms with van der Waals surface area (Å²) in [5, 5.41) is 0.708. The molecule has 0 aliphatic carbocycles. The number of hydrogen-bond donors (Lipinski definition) is 0. The molecule has 7 heteroatoms. The maximum absolute atomic E-state index is 12.8. The molecule has 0 aliphatic heterocycles. The molecule has 0 atom stereocenters. The van der Waals surface area contributed by atoms with Crippen molar-refractivity contribution in [3.05, 3.63) is 113 Å². The van der Waals surface area contributed by atoms with Gasteiger partial charge >= 0.3 is 5.63 Å². The molecule has 0 N–H and O–H groups in total. The van der Waals surface area contributed by atoms with Crippen LogP contribution in [0.15, 0.2) is 100 Å². The van der Waals surface area contributed by atoms with Gasteiger partial charge in [-0.1, -0.05) is 48.5 Å². The largest absolute Gasteiger partial charge is 0.497 e. The van der Waals surface area contributed by atoms with Crippen molar-refractivity contribution in [3.63, 3.8) is 0 Å². The average molecular weight is 525 g/mol. The number of benzene rings is 4. The van der Waals surface area contributed by atoms with Gasteiger partial charge in [0.1, 0.15) is 30.5 Å². The van der Waals surface area contributed by atoms with Crippen molar-refractivity contribution >= 4 is 11.0 Å². The van der Waals surface area contributed by atoms with Crippen LogP contribution in [0.4, 0.5) is 0 Å². The van der Waals surface area contributed by atoms with Crippen LogP contribution in [0.5, 0.6) is 28.7 Å². The summed E-state index contributed by atoms with van der Waals surface area (Å²) in [6.45, 7) is 0.396. The van der Waals surface area contributed by atoms with Gasteiger partial charge in [0, 0.05) is 22.6 Å². The van der Waals surface area contributed by atoms with Crippen molar-refractivity contribution in [2.24, 2.45) is 0 Å². The number of rotatable bonds is 10. The van der Waals surface area contributed by atoms with E-state index in [9.17, 15) is 4.79 Å². The van der Waals surface area contributed by atoms with Crippen LogP contribution in [0.1, 0.15) is 11.1 Å². The molecule has 0 amide bonds. The van der Waals surface area contributed by atoms with Crippen LogP contribution in [0.3, 0.4) is 0 Å². The minimum atomic E-state index is -0.502. The Labute approximate surface area is 226 Å². The van der Waals surface area contributed by atoms with Gasteiger partial charge in [-0.15, -0.1) is 0 Å². The Hall–Kier alpha value is -4.91. The lowest BCUT2D eigenvalue weighted by Gasteiger charge is -2.17. The van der Waals surface area contributed by atoms with Gasteiger partial charge in [-0.2, -0.15) is 0 Å². The van der Waals surface area contributed by atoms with Crippen LogP contribution >= 0.6 is 0 Å². The van der Waals surface area contributed by atoms with E-state index < -0.39 is 5.63 Å². The van der Waals surface area contributed by atoms with Crippen LogP contribution in [0, 0.1) is 0 Å². The minimum Gasteiger partial charge on any atom is -0.497 e. The molecule has 0 aliphatic rings. The first-order valence-corrected chi connectivity index (χ1v) is 12.4. The molecule has 7 nitrogen and oxygen atoms in total. The molecule has 0 radical (unpaired) electrons. The summed E-state index contributed by atoms with van der Waals surface area (Å²) in [5.74, 6) is 2.87. The van der Waals surface area contributed by atoms with Gasteiger partial charge in [-0.3, -0.25) is 0 Å². The fourth-order valence-corrected chi connectivity index (χ4v) is 4.39. The molecule has 0 unspecified atom stereocenters. The molecule has 5 aromatic rings. The van der Waals surface area contributed by atoms with E-state index in [-0.39, 0.29) is 13.2 Å². The summed E-state index contributed by atoms with van der Waals surface area (Å²) in [6, 6.07) is 27.8. The zero-order chi connectivity index (χ0) is 27.2. The number of methoxy groups -OCH3 is 3. The van der Waals surface area contributed by atoms with Crippen molar-refractivity contribution in [1.82, 2.24) is 0 Å². The first-order valence-electron chi connectivity index (χ1n) is 12.4.